The molecule has 1 heterocycles. The van der Waals surface area contributed by atoms with E-state index < -0.39 is 11.9 Å². The minimum Gasteiger partial charge on any atom is -0.489 e. The molecular formula is C20H24N2O5. The maximum atomic E-state index is 12.8. The first-order chi connectivity index (χ1) is 12.6. The number of ether oxygens (including phenoxy) is 1. The third-order valence-electron chi connectivity index (χ3n) is 4.06. The minimum atomic E-state index is -1.11. The number of carbonyl (C=O) groups excluding carboxylic acids is 2. The van der Waals surface area contributed by atoms with Crippen molar-refractivity contribution in [3.05, 3.63) is 46.3 Å². The molecular weight excluding hydrogens is 348 g/mol. The third-order valence-corrected chi connectivity index (χ3v) is 4.06. The summed E-state index contributed by atoms with van der Waals surface area (Å²) in [6.45, 7) is 8.73. The third kappa shape index (κ3) is 4.36. The summed E-state index contributed by atoms with van der Waals surface area (Å²) in [5.74, 6) is -1.31. The number of carbonyl (C=O) groups is 3. The van der Waals surface area contributed by atoms with Gasteiger partial charge in [0.25, 0.3) is 5.91 Å². The number of nitrogens with one attached hydrogen (secondary N) is 2. The van der Waals surface area contributed by atoms with Gasteiger partial charge < -0.3 is 20.1 Å². The summed E-state index contributed by atoms with van der Waals surface area (Å²) in [7, 11) is 0. The van der Waals surface area contributed by atoms with Crippen LogP contribution in [0.5, 0.6) is 5.75 Å². The van der Waals surface area contributed by atoms with Crippen molar-refractivity contribution in [2.45, 2.75) is 47.1 Å². The molecule has 144 valence electrons. The number of benzene rings is 1. The number of H-pyrrole nitrogens is 1. The fourth-order valence-corrected chi connectivity index (χ4v) is 3.00. The van der Waals surface area contributed by atoms with E-state index in [0.29, 0.717) is 29.0 Å². The predicted molar refractivity (Wildman–Crippen MR) is 102 cm³/mol. The van der Waals surface area contributed by atoms with Gasteiger partial charge in [-0.1, -0.05) is 6.92 Å². The van der Waals surface area contributed by atoms with Crippen molar-refractivity contribution in [1.82, 2.24) is 4.98 Å². The van der Waals surface area contributed by atoms with Gasteiger partial charge in [-0.2, -0.15) is 0 Å². The lowest BCUT2D eigenvalue weighted by molar-refractivity contribution is 0.0696. The van der Waals surface area contributed by atoms with E-state index in [1.807, 2.05) is 20.8 Å². The maximum Gasteiger partial charge on any atom is 0.335 e. The van der Waals surface area contributed by atoms with Crippen LogP contribution >= 0.6 is 0 Å². The first-order valence-electron chi connectivity index (χ1n) is 8.73. The zero-order chi connectivity index (χ0) is 20.3. The Morgan fingerprint density at radius 2 is 1.93 bits per heavy atom. The number of aromatic nitrogens is 1. The summed E-state index contributed by atoms with van der Waals surface area (Å²) < 4.78 is 5.67. The Kier molecular flexibility index (Phi) is 6.05. The topological polar surface area (TPSA) is 108 Å². The first-order valence-corrected chi connectivity index (χ1v) is 8.73. The minimum absolute atomic E-state index is 0.0317. The molecule has 7 heteroatoms. The van der Waals surface area contributed by atoms with Gasteiger partial charge in [0.2, 0.25) is 0 Å². The van der Waals surface area contributed by atoms with E-state index in [0.717, 1.165) is 0 Å². The molecule has 7 nitrogen and oxygen atoms in total. The number of carboxylic acid groups (broad SMARTS) is 1. The fraction of sp³-hybridized carbons (Fsp3) is 0.350. The lowest BCUT2D eigenvalue weighted by Gasteiger charge is -2.15. The number of aromatic carboxylic acids is 1. The number of aromatic amines is 1. The Morgan fingerprint density at radius 1 is 1.26 bits per heavy atom. The van der Waals surface area contributed by atoms with E-state index in [9.17, 15) is 19.5 Å². The van der Waals surface area contributed by atoms with E-state index in [-0.39, 0.29) is 28.8 Å². The van der Waals surface area contributed by atoms with Gasteiger partial charge >= 0.3 is 5.97 Å². The van der Waals surface area contributed by atoms with Crippen LogP contribution in [0.15, 0.2) is 18.2 Å². The molecule has 3 N–H and O–H groups in total. The van der Waals surface area contributed by atoms with Gasteiger partial charge in [-0.3, -0.25) is 9.59 Å². The molecule has 0 spiro atoms. The highest BCUT2D eigenvalue weighted by Gasteiger charge is 2.23. The highest BCUT2D eigenvalue weighted by Crippen LogP contribution is 2.29. The van der Waals surface area contributed by atoms with E-state index in [1.165, 1.54) is 25.1 Å². The maximum absolute atomic E-state index is 12.8. The molecule has 2 rings (SSSR count). The molecule has 0 saturated heterocycles. The average molecular weight is 372 g/mol. The number of hydrogen-bond acceptors (Lipinski definition) is 4. The molecule has 0 fully saturated rings. The number of ketones is 1. The van der Waals surface area contributed by atoms with Gasteiger partial charge in [-0.25, -0.2) is 4.79 Å². The monoisotopic (exact) mass is 372 g/mol. The Bertz CT molecular complexity index is 896. The number of anilines is 1. The van der Waals surface area contributed by atoms with Crippen molar-refractivity contribution >= 4 is 23.3 Å². The number of carboxylic acids is 1. The molecule has 1 aromatic carbocycles. The lowest BCUT2D eigenvalue weighted by atomic mass is 10.0. The second-order valence-corrected chi connectivity index (χ2v) is 6.53. The Labute approximate surface area is 157 Å². The lowest BCUT2D eigenvalue weighted by Crippen LogP contribution is -2.17. The first kappa shape index (κ1) is 20.2. The normalized spacial score (nSPS) is 10.7. The summed E-state index contributed by atoms with van der Waals surface area (Å²) in [5, 5.41) is 11.9. The van der Waals surface area contributed by atoms with Crippen molar-refractivity contribution in [1.29, 1.82) is 0 Å². The van der Waals surface area contributed by atoms with Crippen molar-refractivity contribution < 1.29 is 24.2 Å². The Morgan fingerprint density at radius 3 is 2.44 bits per heavy atom. The van der Waals surface area contributed by atoms with E-state index in [1.54, 1.807) is 6.92 Å². The van der Waals surface area contributed by atoms with Crippen LogP contribution in [-0.2, 0) is 6.42 Å². The van der Waals surface area contributed by atoms with Gasteiger partial charge in [-0.15, -0.1) is 0 Å². The van der Waals surface area contributed by atoms with Crippen LogP contribution in [0.3, 0.4) is 0 Å². The molecule has 1 aromatic heterocycles. The van der Waals surface area contributed by atoms with Gasteiger partial charge in [-0.05, 0) is 57.9 Å². The predicted octanol–water partition coefficient (Wildman–Crippen LogP) is 3.83. The average Bonchev–Trinajstić information content (AvgIpc) is 2.92. The summed E-state index contributed by atoms with van der Waals surface area (Å²) in [6.07, 6.45) is 0.353. The molecule has 0 unspecified atom stereocenters. The van der Waals surface area contributed by atoms with E-state index >= 15 is 0 Å². The van der Waals surface area contributed by atoms with Crippen LogP contribution < -0.4 is 10.1 Å². The number of hydrogen-bond donors (Lipinski definition) is 3. The molecule has 0 atom stereocenters. The SMILES string of the molecule is CCc1c(C(=O)Nc2cc(C(=O)O)ccc2OC(C)C)[nH]c(C)c1C(C)=O. The number of Topliss-reactive ketones (excluding diaryl/α,β-unsaturated/α-hetero) is 1. The largest absolute Gasteiger partial charge is 0.489 e. The second kappa shape index (κ2) is 8.07. The van der Waals surface area contributed by atoms with Gasteiger partial charge in [0.1, 0.15) is 11.4 Å². The standard InChI is InChI=1S/C20H24N2O5/c1-6-14-17(12(5)23)11(4)21-18(14)19(24)22-15-9-13(20(25)26)7-8-16(15)27-10(2)3/h7-10,21H,6H2,1-5H3,(H,22,24)(H,25,26). The van der Waals surface area contributed by atoms with Crippen molar-refractivity contribution in [2.24, 2.45) is 0 Å². The summed E-state index contributed by atoms with van der Waals surface area (Å²) in [5.41, 5.74) is 2.36. The van der Waals surface area contributed by atoms with Crippen molar-refractivity contribution in [3.8, 4) is 5.75 Å². The van der Waals surface area contributed by atoms with Crippen molar-refractivity contribution in [2.75, 3.05) is 5.32 Å². The highest BCUT2D eigenvalue weighted by atomic mass is 16.5. The molecule has 1 amide bonds. The van der Waals surface area contributed by atoms with Crippen LogP contribution in [0.25, 0.3) is 0 Å². The molecule has 0 radical (unpaired) electrons. The van der Waals surface area contributed by atoms with Gasteiger partial charge in [0.15, 0.2) is 5.78 Å². The molecule has 0 aliphatic heterocycles. The van der Waals surface area contributed by atoms with Crippen LogP contribution in [0.1, 0.15) is 70.2 Å². The second-order valence-electron chi connectivity index (χ2n) is 6.53. The van der Waals surface area contributed by atoms with E-state index in [2.05, 4.69) is 10.3 Å². The molecule has 0 saturated carbocycles. The van der Waals surface area contributed by atoms with E-state index in [4.69, 9.17) is 4.74 Å². The molecule has 2 aromatic rings. The Hall–Kier alpha value is -3.09. The van der Waals surface area contributed by atoms with Crippen LogP contribution in [-0.4, -0.2) is 33.9 Å². The van der Waals surface area contributed by atoms with Crippen LogP contribution in [0.4, 0.5) is 5.69 Å². The Balaban J connectivity index is 2.45. The van der Waals surface area contributed by atoms with Crippen LogP contribution in [0.2, 0.25) is 0 Å². The number of rotatable bonds is 7. The van der Waals surface area contributed by atoms with Gasteiger partial charge in [0.05, 0.1) is 17.4 Å². The van der Waals surface area contributed by atoms with Crippen molar-refractivity contribution in [3.63, 3.8) is 0 Å². The highest BCUT2D eigenvalue weighted by molar-refractivity contribution is 6.08. The summed E-state index contributed by atoms with van der Waals surface area (Å²) in [4.78, 5) is 39.0. The molecule has 0 bridgehead atoms. The number of aryl methyl sites for hydroxylation is 1. The molecule has 0 aliphatic carbocycles. The summed E-state index contributed by atoms with van der Waals surface area (Å²) >= 11 is 0. The summed E-state index contributed by atoms with van der Waals surface area (Å²) in [6, 6.07) is 4.28. The zero-order valence-electron chi connectivity index (χ0n) is 16.1. The quantitative estimate of drug-likeness (QED) is 0.640. The fourth-order valence-electron chi connectivity index (χ4n) is 3.00. The smallest absolute Gasteiger partial charge is 0.335 e. The van der Waals surface area contributed by atoms with Crippen LogP contribution in [0, 0.1) is 6.92 Å². The zero-order valence-corrected chi connectivity index (χ0v) is 16.1. The molecule has 27 heavy (non-hydrogen) atoms. The molecule has 0 aliphatic rings. The van der Waals surface area contributed by atoms with Gasteiger partial charge in [0, 0.05) is 11.3 Å². The number of amides is 1.